The first-order chi connectivity index (χ1) is 7.65. The van der Waals surface area contributed by atoms with Crippen LogP contribution < -0.4 is 0 Å². The zero-order chi connectivity index (χ0) is 12.0. The molecule has 2 N–H and O–H groups in total. The summed E-state index contributed by atoms with van der Waals surface area (Å²) in [4.78, 5) is 0. The fraction of sp³-hybridized carbons (Fsp3) is 0.571. The van der Waals surface area contributed by atoms with Crippen molar-refractivity contribution >= 4 is 0 Å². The van der Waals surface area contributed by atoms with Crippen molar-refractivity contribution in [2.75, 3.05) is 0 Å². The van der Waals surface area contributed by atoms with Gasteiger partial charge in [-0.15, -0.1) is 0 Å². The molecule has 0 aromatic heterocycles. The Morgan fingerprint density at radius 3 is 2.25 bits per heavy atom. The second kappa shape index (κ2) is 6.66. The maximum Gasteiger partial charge on any atom is 0.0630 e. The zero-order valence-corrected chi connectivity index (χ0v) is 10.1. The molecular formula is C14H22O2. The fourth-order valence-electron chi connectivity index (χ4n) is 1.86. The predicted molar refractivity (Wildman–Crippen MR) is 66.2 cm³/mol. The van der Waals surface area contributed by atoms with Gasteiger partial charge in [0.15, 0.2) is 0 Å². The van der Waals surface area contributed by atoms with E-state index in [0.717, 1.165) is 18.4 Å². The van der Waals surface area contributed by atoms with Crippen LogP contribution in [0.15, 0.2) is 30.3 Å². The van der Waals surface area contributed by atoms with Gasteiger partial charge in [0.25, 0.3) is 0 Å². The van der Waals surface area contributed by atoms with Crippen molar-refractivity contribution in [3.05, 3.63) is 35.9 Å². The first-order valence-electron chi connectivity index (χ1n) is 6.05. The van der Waals surface area contributed by atoms with Gasteiger partial charge in [0.05, 0.1) is 12.2 Å². The Morgan fingerprint density at radius 2 is 1.69 bits per heavy atom. The molecular weight excluding hydrogens is 200 g/mol. The Balaban J connectivity index is 2.48. The van der Waals surface area contributed by atoms with Gasteiger partial charge in [0, 0.05) is 5.92 Å². The van der Waals surface area contributed by atoms with E-state index in [0.29, 0.717) is 6.42 Å². The Labute approximate surface area is 97.9 Å². The average Bonchev–Trinajstić information content (AvgIpc) is 2.29. The van der Waals surface area contributed by atoms with E-state index in [-0.39, 0.29) is 5.92 Å². The summed E-state index contributed by atoms with van der Waals surface area (Å²) in [6.45, 7) is 3.95. The zero-order valence-electron chi connectivity index (χ0n) is 10.1. The van der Waals surface area contributed by atoms with Gasteiger partial charge >= 0.3 is 0 Å². The molecule has 2 heteroatoms. The molecule has 0 spiro atoms. The van der Waals surface area contributed by atoms with Crippen LogP contribution in [0.5, 0.6) is 0 Å². The molecule has 0 fully saturated rings. The summed E-state index contributed by atoms with van der Waals surface area (Å²) in [5.41, 5.74) is 1.12. The molecule has 0 saturated carbocycles. The van der Waals surface area contributed by atoms with Crippen LogP contribution in [0.2, 0.25) is 0 Å². The lowest BCUT2D eigenvalue weighted by atomic mass is 9.91. The van der Waals surface area contributed by atoms with Gasteiger partial charge in [-0.25, -0.2) is 0 Å². The maximum atomic E-state index is 10.0. The van der Waals surface area contributed by atoms with Crippen molar-refractivity contribution < 1.29 is 10.2 Å². The summed E-state index contributed by atoms with van der Waals surface area (Å²) < 4.78 is 0. The molecule has 0 heterocycles. The molecule has 0 amide bonds. The van der Waals surface area contributed by atoms with Crippen LogP contribution in [-0.4, -0.2) is 22.4 Å². The van der Waals surface area contributed by atoms with E-state index >= 15 is 0 Å². The molecule has 1 aromatic carbocycles. The van der Waals surface area contributed by atoms with Crippen LogP contribution in [0.1, 0.15) is 32.3 Å². The van der Waals surface area contributed by atoms with E-state index < -0.39 is 12.2 Å². The van der Waals surface area contributed by atoms with Gasteiger partial charge in [0.1, 0.15) is 0 Å². The topological polar surface area (TPSA) is 40.5 Å². The summed E-state index contributed by atoms with van der Waals surface area (Å²) in [5.74, 6) is -0.0693. The minimum atomic E-state index is -0.469. The number of hydrogen-bond acceptors (Lipinski definition) is 2. The third-order valence-electron chi connectivity index (χ3n) is 3.09. The quantitative estimate of drug-likeness (QED) is 0.776. The van der Waals surface area contributed by atoms with E-state index in [2.05, 4.69) is 0 Å². The highest BCUT2D eigenvalue weighted by Gasteiger charge is 2.21. The standard InChI is InChI=1S/C14H22O2/c1-3-7-13(15)11(2)14(16)10-12-8-5-4-6-9-12/h4-6,8-9,11,13-16H,3,7,10H2,1-2H3. The number of aliphatic hydroxyl groups excluding tert-OH is 2. The summed E-state index contributed by atoms with van der Waals surface area (Å²) in [5, 5.41) is 19.8. The van der Waals surface area contributed by atoms with Crippen LogP contribution in [0.25, 0.3) is 0 Å². The van der Waals surface area contributed by atoms with Crippen LogP contribution in [0.3, 0.4) is 0 Å². The van der Waals surface area contributed by atoms with Gasteiger partial charge in [-0.05, 0) is 18.4 Å². The SMILES string of the molecule is CCCC(O)C(C)C(O)Cc1ccccc1. The van der Waals surface area contributed by atoms with E-state index in [4.69, 9.17) is 0 Å². The Bertz CT molecular complexity index is 284. The lowest BCUT2D eigenvalue weighted by Crippen LogP contribution is -2.30. The molecule has 0 aliphatic carbocycles. The summed E-state index contributed by atoms with van der Waals surface area (Å²) in [6, 6.07) is 9.90. The second-order valence-electron chi connectivity index (χ2n) is 4.47. The third kappa shape index (κ3) is 3.95. The molecule has 0 aliphatic rings. The molecule has 0 aliphatic heterocycles. The smallest absolute Gasteiger partial charge is 0.0630 e. The van der Waals surface area contributed by atoms with Crippen molar-refractivity contribution in [2.24, 2.45) is 5.92 Å². The first kappa shape index (κ1) is 13.2. The highest BCUT2D eigenvalue weighted by molar-refractivity contribution is 5.15. The lowest BCUT2D eigenvalue weighted by Gasteiger charge is -2.23. The molecule has 0 saturated heterocycles. The van der Waals surface area contributed by atoms with Crippen LogP contribution >= 0.6 is 0 Å². The number of benzene rings is 1. The molecule has 0 radical (unpaired) electrons. The number of hydrogen-bond donors (Lipinski definition) is 2. The minimum absolute atomic E-state index is 0.0693. The summed E-state index contributed by atoms with van der Waals surface area (Å²) in [7, 11) is 0. The largest absolute Gasteiger partial charge is 0.393 e. The predicted octanol–water partition coefficient (Wildman–Crippen LogP) is 2.39. The highest BCUT2D eigenvalue weighted by Crippen LogP contribution is 2.17. The van der Waals surface area contributed by atoms with E-state index in [1.165, 1.54) is 0 Å². The van der Waals surface area contributed by atoms with Gasteiger partial charge < -0.3 is 10.2 Å². The van der Waals surface area contributed by atoms with Crippen molar-refractivity contribution in [2.45, 2.75) is 45.3 Å². The molecule has 3 atom stereocenters. The monoisotopic (exact) mass is 222 g/mol. The van der Waals surface area contributed by atoms with E-state index in [1.807, 2.05) is 44.2 Å². The second-order valence-corrected chi connectivity index (χ2v) is 4.47. The summed E-state index contributed by atoms with van der Waals surface area (Å²) >= 11 is 0. The Kier molecular flexibility index (Phi) is 5.50. The van der Waals surface area contributed by atoms with Crippen molar-refractivity contribution in [1.29, 1.82) is 0 Å². The van der Waals surface area contributed by atoms with Gasteiger partial charge in [-0.2, -0.15) is 0 Å². The third-order valence-corrected chi connectivity index (χ3v) is 3.09. The van der Waals surface area contributed by atoms with Gasteiger partial charge in [-0.1, -0.05) is 50.6 Å². The normalized spacial score (nSPS) is 16.8. The van der Waals surface area contributed by atoms with Crippen molar-refractivity contribution in [3.63, 3.8) is 0 Å². The number of rotatable bonds is 6. The van der Waals surface area contributed by atoms with Gasteiger partial charge in [0.2, 0.25) is 0 Å². The van der Waals surface area contributed by atoms with Crippen LogP contribution in [-0.2, 0) is 6.42 Å². The molecule has 90 valence electrons. The van der Waals surface area contributed by atoms with E-state index in [1.54, 1.807) is 0 Å². The van der Waals surface area contributed by atoms with Crippen molar-refractivity contribution in [3.8, 4) is 0 Å². The van der Waals surface area contributed by atoms with E-state index in [9.17, 15) is 10.2 Å². The maximum absolute atomic E-state index is 10.0. The highest BCUT2D eigenvalue weighted by atomic mass is 16.3. The molecule has 3 unspecified atom stereocenters. The molecule has 2 nitrogen and oxygen atoms in total. The molecule has 1 rings (SSSR count). The molecule has 1 aromatic rings. The summed E-state index contributed by atoms with van der Waals surface area (Å²) in [6.07, 6.45) is 1.45. The van der Waals surface area contributed by atoms with Crippen LogP contribution in [0, 0.1) is 5.92 Å². The molecule has 0 bridgehead atoms. The lowest BCUT2D eigenvalue weighted by molar-refractivity contribution is 0.0179. The van der Waals surface area contributed by atoms with Crippen molar-refractivity contribution in [1.82, 2.24) is 0 Å². The minimum Gasteiger partial charge on any atom is -0.393 e. The number of aliphatic hydroxyl groups is 2. The first-order valence-corrected chi connectivity index (χ1v) is 6.05. The van der Waals surface area contributed by atoms with Gasteiger partial charge in [-0.3, -0.25) is 0 Å². The average molecular weight is 222 g/mol. The molecule has 16 heavy (non-hydrogen) atoms. The fourth-order valence-corrected chi connectivity index (χ4v) is 1.86. The van der Waals surface area contributed by atoms with Crippen LogP contribution in [0.4, 0.5) is 0 Å². The Morgan fingerprint density at radius 1 is 1.06 bits per heavy atom. The Hall–Kier alpha value is -0.860.